The maximum Gasteiger partial charge on any atom is 0.148 e. The summed E-state index contributed by atoms with van der Waals surface area (Å²) in [4.78, 5) is 15.2. The van der Waals surface area contributed by atoms with E-state index in [1.165, 1.54) is 16.6 Å². The van der Waals surface area contributed by atoms with Crippen molar-refractivity contribution in [2.75, 3.05) is 0 Å². The standard InChI is InChI=1S/C52H46N5O.Pt/c1-29-18-22-42(37(24-29)32-14-11-10-12-15-32)57-44-17-13-16-36(46(44)55-50(57)39-26-34(51(4,5)6)27-40(49(39)58)52(7,8)9)33-19-23-43-38(25-33)47-45-41(53-28-54-47)21-20-35-30(2)31(3)56(43)48(35)45;/h10-24,26-28,58H,1-9H3;/q-1;. The molecule has 0 aliphatic carbocycles. The Labute approximate surface area is 359 Å². The van der Waals surface area contributed by atoms with E-state index in [1.54, 1.807) is 6.33 Å². The van der Waals surface area contributed by atoms with Gasteiger partial charge in [-0.05, 0) is 84.1 Å². The van der Waals surface area contributed by atoms with Crippen molar-refractivity contribution in [3.63, 3.8) is 0 Å². The van der Waals surface area contributed by atoms with Gasteiger partial charge in [-0.1, -0.05) is 119 Å². The molecular weight excluding hydrogens is 906 g/mol. The number of hydrogen-bond donors (Lipinski definition) is 1. The maximum atomic E-state index is 12.4. The van der Waals surface area contributed by atoms with Crippen LogP contribution in [0.25, 0.3) is 88.6 Å². The average molecular weight is 952 g/mol. The minimum absolute atomic E-state index is 0. The molecule has 6 aromatic carbocycles. The molecule has 0 saturated heterocycles. The molecule has 0 atom stereocenters. The van der Waals surface area contributed by atoms with Crippen LogP contribution in [0.4, 0.5) is 0 Å². The molecule has 0 fully saturated rings. The number of aromatic hydroxyl groups is 1. The van der Waals surface area contributed by atoms with E-state index in [-0.39, 0.29) is 37.6 Å². The summed E-state index contributed by atoms with van der Waals surface area (Å²) in [5, 5.41) is 15.6. The topological polar surface area (TPSA) is 68.2 Å². The number of benzene rings is 6. The minimum atomic E-state index is -0.313. The molecule has 0 saturated carbocycles. The van der Waals surface area contributed by atoms with E-state index in [2.05, 4.69) is 185 Å². The maximum absolute atomic E-state index is 12.4. The first kappa shape index (κ1) is 38.7. The summed E-state index contributed by atoms with van der Waals surface area (Å²) in [5.41, 5.74) is 16.7. The van der Waals surface area contributed by atoms with Crippen LogP contribution in [0, 0.1) is 26.8 Å². The number of para-hydroxylation sites is 1. The van der Waals surface area contributed by atoms with E-state index < -0.39 is 0 Å². The third-order valence-electron chi connectivity index (χ3n) is 12.2. The zero-order valence-electron chi connectivity index (χ0n) is 34.9. The molecule has 0 spiro atoms. The number of phenolic OH excluding ortho intramolecular Hbond substituents is 1. The van der Waals surface area contributed by atoms with E-state index in [0.717, 1.165) is 88.5 Å². The van der Waals surface area contributed by atoms with Gasteiger partial charge in [0.25, 0.3) is 0 Å². The van der Waals surface area contributed by atoms with Crippen molar-refractivity contribution in [1.29, 1.82) is 0 Å². The smallest absolute Gasteiger partial charge is 0.148 e. The molecule has 0 aliphatic heterocycles. The van der Waals surface area contributed by atoms with Gasteiger partial charge in [0.05, 0.1) is 33.3 Å². The zero-order valence-corrected chi connectivity index (χ0v) is 37.2. The van der Waals surface area contributed by atoms with Crippen molar-refractivity contribution in [2.24, 2.45) is 0 Å². The Balaban J connectivity index is 0.00000449. The molecular formula is C52H46N5OPt-. The van der Waals surface area contributed by atoms with Crippen LogP contribution in [0.2, 0.25) is 0 Å². The van der Waals surface area contributed by atoms with Crippen molar-refractivity contribution in [3.8, 4) is 45.1 Å². The Morgan fingerprint density at radius 1 is 0.678 bits per heavy atom. The van der Waals surface area contributed by atoms with E-state index >= 15 is 0 Å². The fourth-order valence-electron chi connectivity index (χ4n) is 8.95. The number of pyridine rings is 1. The van der Waals surface area contributed by atoms with E-state index in [4.69, 9.17) is 9.97 Å². The molecule has 0 amide bonds. The largest absolute Gasteiger partial charge is 0.507 e. The molecule has 4 heterocycles. The first-order valence-electron chi connectivity index (χ1n) is 20.1. The van der Waals surface area contributed by atoms with Crippen LogP contribution < -0.4 is 0 Å². The number of imidazole rings is 1. The number of hydrogen-bond acceptors (Lipinski definition) is 4. The van der Waals surface area contributed by atoms with Gasteiger partial charge in [0, 0.05) is 54.2 Å². The second kappa shape index (κ2) is 13.6. The van der Waals surface area contributed by atoms with Crippen molar-refractivity contribution in [1.82, 2.24) is 23.9 Å². The predicted molar refractivity (Wildman–Crippen MR) is 240 cm³/mol. The Bertz CT molecular complexity index is 3290. The summed E-state index contributed by atoms with van der Waals surface area (Å²) in [6.07, 6.45) is 1.66. The predicted octanol–water partition coefficient (Wildman–Crippen LogP) is 13.0. The van der Waals surface area contributed by atoms with Crippen LogP contribution in [0.3, 0.4) is 0 Å². The van der Waals surface area contributed by atoms with Crippen LogP contribution in [0.15, 0.2) is 109 Å². The normalized spacial score (nSPS) is 12.4. The number of phenols is 1. The fourth-order valence-corrected chi connectivity index (χ4v) is 8.95. The van der Waals surface area contributed by atoms with Gasteiger partial charge in [0.2, 0.25) is 0 Å². The number of fused-ring (bicyclic) bond motifs is 4. The Kier molecular flexibility index (Phi) is 8.92. The Morgan fingerprint density at radius 3 is 2.20 bits per heavy atom. The second-order valence-electron chi connectivity index (χ2n) is 18.0. The van der Waals surface area contributed by atoms with Gasteiger partial charge in [-0.3, -0.25) is 9.55 Å². The van der Waals surface area contributed by atoms with Gasteiger partial charge < -0.3 is 9.51 Å². The van der Waals surface area contributed by atoms with Crippen LogP contribution in [0.1, 0.15) is 69.5 Å². The van der Waals surface area contributed by atoms with Crippen molar-refractivity contribution >= 4 is 49.3 Å². The van der Waals surface area contributed by atoms with Gasteiger partial charge in [-0.25, -0.2) is 9.97 Å². The SMILES string of the molecule is Cc1ccc(-n2c(-c3cc(C(C)(C)C)cc(C(C)(C)C)c3O)nc3c(-c4[c-]c5c6ncnc7ccc8c(C)c(C)n(c5cc4)c8c76)cccc32)c(-c2ccccc2)c1.[Pt]. The van der Waals surface area contributed by atoms with Crippen molar-refractivity contribution in [3.05, 3.63) is 143 Å². The van der Waals surface area contributed by atoms with E-state index in [1.807, 2.05) is 0 Å². The first-order chi connectivity index (χ1) is 27.7. The van der Waals surface area contributed by atoms with Gasteiger partial charge in [-0.2, -0.15) is 0 Å². The first-order valence-corrected chi connectivity index (χ1v) is 20.1. The molecule has 1 N–H and O–H groups in total. The fraction of sp³-hybridized carbons (Fsp3) is 0.212. The number of nitrogens with zero attached hydrogens (tertiary/aromatic N) is 5. The molecule has 4 aromatic heterocycles. The van der Waals surface area contributed by atoms with Crippen LogP contribution in [-0.2, 0) is 31.9 Å². The van der Waals surface area contributed by atoms with Gasteiger partial charge >= 0.3 is 0 Å². The van der Waals surface area contributed by atoms with Crippen LogP contribution in [-0.4, -0.2) is 29.0 Å². The number of rotatable bonds is 4. The summed E-state index contributed by atoms with van der Waals surface area (Å²) in [7, 11) is 0. The quantitative estimate of drug-likeness (QED) is 0.108. The molecule has 10 aromatic rings. The van der Waals surface area contributed by atoms with E-state index in [9.17, 15) is 5.11 Å². The molecule has 0 radical (unpaired) electrons. The van der Waals surface area contributed by atoms with Crippen LogP contribution in [0.5, 0.6) is 5.75 Å². The number of aromatic nitrogens is 5. The molecule has 0 aliphatic rings. The average Bonchev–Trinajstić information content (AvgIpc) is 3.71. The molecule has 0 unspecified atom stereocenters. The van der Waals surface area contributed by atoms with Crippen molar-refractivity contribution < 1.29 is 26.2 Å². The third-order valence-corrected chi connectivity index (χ3v) is 12.2. The summed E-state index contributed by atoms with van der Waals surface area (Å²) in [6, 6.07) is 40.3. The molecule has 6 nitrogen and oxygen atoms in total. The second-order valence-corrected chi connectivity index (χ2v) is 18.0. The monoisotopic (exact) mass is 951 g/mol. The molecule has 7 heteroatoms. The summed E-state index contributed by atoms with van der Waals surface area (Å²) in [6.45, 7) is 19.7. The van der Waals surface area contributed by atoms with Gasteiger partial charge in [0.1, 0.15) is 17.9 Å². The third kappa shape index (κ3) is 5.90. The molecule has 296 valence electrons. The van der Waals surface area contributed by atoms with Gasteiger partial charge in [0.15, 0.2) is 0 Å². The number of aryl methyl sites for hydroxylation is 3. The summed E-state index contributed by atoms with van der Waals surface area (Å²) >= 11 is 0. The summed E-state index contributed by atoms with van der Waals surface area (Å²) < 4.78 is 4.60. The minimum Gasteiger partial charge on any atom is -0.507 e. The Hall–Kier alpha value is -5.84. The Morgan fingerprint density at radius 2 is 1.46 bits per heavy atom. The van der Waals surface area contributed by atoms with Crippen molar-refractivity contribution in [2.45, 2.75) is 73.1 Å². The molecule has 10 rings (SSSR count). The summed E-state index contributed by atoms with van der Waals surface area (Å²) in [5.74, 6) is 0.935. The van der Waals surface area contributed by atoms with Gasteiger partial charge in [-0.15, -0.1) is 23.8 Å². The van der Waals surface area contributed by atoms with E-state index in [0.29, 0.717) is 11.4 Å². The zero-order chi connectivity index (χ0) is 40.4. The molecule has 0 bridgehead atoms. The van der Waals surface area contributed by atoms with Crippen LogP contribution >= 0.6 is 0 Å². The molecule has 59 heavy (non-hydrogen) atoms.